The van der Waals surface area contributed by atoms with Gasteiger partial charge in [0, 0.05) is 37.2 Å². The van der Waals surface area contributed by atoms with Gasteiger partial charge >= 0.3 is 0 Å². The van der Waals surface area contributed by atoms with E-state index in [-0.39, 0.29) is 11.3 Å². The number of amides is 1. The minimum absolute atomic E-state index is 0.0757. The largest absolute Gasteiger partial charge is 0.619 e. The molecule has 1 atom stereocenters. The maximum absolute atomic E-state index is 12.8. The molecule has 4 rings (SSSR count). The van der Waals surface area contributed by atoms with Crippen molar-refractivity contribution in [2.45, 2.75) is 57.8 Å². The first kappa shape index (κ1) is 18.7. The molecule has 1 aromatic rings. The van der Waals surface area contributed by atoms with Crippen molar-refractivity contribution < 1.29 is 9.52 Å². The summed E-state index contributed by atoms with van der Waals surface area (Å²) >= 11 is 0. The van der Waals surface area contributed by atoms with Crippen molar-refractivity contribution in [1.82, 2.24) is 9.80 Å². The molecule has 0 radical (unpaired) electrons. The van der Waals surface area contributed by atoms with Crippen LogP contribution in [0.15, 0.2) is 24.5 Å². The van der Waals surface area contributed by atoms with Crippen LogP contribution in [0.5, 0.6) is 0 Å². The molecule has 148 valence electrons. The lowest BCUT2D eigenvalue weighted by Gasteiger charge is -2.41. The number of pyridine rings is 1. The number of carbonyl (C=O) groups excluding carboxylic acids is 1. The second-order valence-electron chi connectivity index (χ2n) is 9.10. The summed E-state index contributed by atoms with van der Waals surface area (Å²) in [5, 5.41) is 11.2. The maximum atomic E-state index is 12.8. The first-order valence-electron chi connectivity index (χ1n) is 10.8. The van der Waals surface area contributed by atoms with E-state index in [1.807, 2.05) is 4.90 Å². The summed E-state index contributed by atoms with van der Waals surface area (Å²) in [7, 11) is 0. The highest BCUT2D eigenvalue weighted by atomic mass is 16.5. The van der Waals surface area contributed by atoms with Gasteiger partial charge in [0.1, 0.15) is 0 Å². The van der Waals surface area contributed by atoms with Gasteiger partial charge in [0.05, 0.1) is 5.56 Å². The number of carbonyl (C=O) groups is 1. The van der Waals surface area contributed by atoms with Gasteiger partial charge in [-0.15, -0.1) is 0 Å². The summed E-state index contributed by atoms with van der Waals surface area (Å²) in [5.74, 6) is 1.02. The Hall–Kier alpha value is -1.62. The van der Waals surface area contributed by atoms with E-state index in [1.165, 1.54) is 76.8 Å². The molecule has 3 heterocycles. The third-order valence-corrected chi connectivity index (χ3v) is 7.09. The number of rotatable bonds is 4. The third kappa shape index (κ3) is 4.45. The second-order valence-corrected chi connectivity index (χ2v) is 9.10. The van der Waals surface area contributed by atoms with Gasteiger partial charge in [0.2, 0.25) is 0 Å². The molecule has 1 aromatic heterocycles. The van der Waals surface area contributed by atoms with Crippen LogP contribution in [-0.2, 0) is 0 Å². The van der Waals surface area contributed by atoms with Crippen molar-refractivity contribution in [3.8, 4) is 0 Å². The minimum atomic E-state index is 0.0757. The first-order valence-corrected chi connectivity index (χ1v) is 10.8. The fourth-order valence-electron chi connectivity index (χ4n) is 5.52. The van der Waals surface area contributed by atoms with Crippen LogP contribution in [0.4, 0.5) is 0 Å². The minimum Gasteiger partial charge on any atom is -0.619 e. The molecule has 3 fully saturated rings. The molecular formula is C22H33N3O2. The monoisotopic (exact) mass is 371 g/mol. The highest BCUT2D eigenvalue weighted by molar-refractivity contribution is 5.94. The van der Waals surface area contributed by atoms with E-state index in [1.54, 1.807) is 12.1 Å². The molecule has 27 heavy (non-hydrogen) atoms. The van der Waals surface area contributed by atoms with Gasteiger partial charge in [0.25, 0.3) is 5.91 Å². The Morgan fingerprint density at radius 2 is 1.85 bits per heavy atom. The first-order chi connectivity index (χ1) is 13.1. The van der Waals surface area contributed by atoms with Crippen molar-refractivity contribution >= 4 is 5.91 Å². The summed E-state index contributed by atoms with van der Waals surface area (Å²) in [6, 6.07) is 3.27. The lowest BCUT2D eigenvalue weighted by molar-refractivity contribution is -0.605. The fraction of sp³-hybridized carbons (Fsp3) is 0.727. The van der Waals surface area contributed by atoms with E-state index in [9.17, 15) is 10.0 Å². The summed E-state index contributed by atoms with van der Waals surface area (Å²) in [5.41, 5.74) is 0.914. The lowest BCUT2D eigenvalue weighted by atomic mass is 9.79. The predicted octanol–water partition coefficient (Wildman–Crippen LogP) is 3.22. The molecule has 5 heteroatoms. The van der Waals surface area contributed by atoms with E-state index in [0.29, 0.717) is 5.56 Å². The number of hydrogen-bond donors (Lipinski definition) is 0. The van der Waals surface area contributed by atoms with Crippen LogP contribution < -0.4 is 4.73 Å². The number of hydrogen-bond acceptors (Lipinski definition) is 3. The molecule has 1 saturated carbocycles. The van der Waals surface area contributed by atoms with Gasteiger partial charge in [-0.25, -0.2) is 0 Å². The Morgan fingerprint density at radius 1 is 1.07 bits per heavy atom. The van der Waals surface area contributed by atoms with Gasteiger partial charge in [-0.05, 0) is 44.7 Å². The SMILES string of the molecule is O=C(c1cc[n+]([O-])cc1)N1CC[C@]2(CCCN(CCC3CCCCC3)C2)C1. The highest BCUT2D eigenvalue weighted by Gasteiger charge is 2.42. The van der Waals surface area contributed by atoms with Gasteiger partial charge in [-0.2, -0.15) is 4.73 Å². The molecule has 2 aliphatic heterocycles. The maximum Gasteiger partial charge on any atom is 0.254 e. The number of aromatic nitrogens is 1. The number of piperidine rings is 1. The van der Waals surface area contributed by atoms with Crippen LogP contribution in [0.3, 0.4) is 0 Å². The van der Waals surface area contributed by atoms with E-state index in [2.05, 4.69) is 4.90 Å². The number of nitrogens with zero attached hydrogens (tertiary/aromatic N) is 3. The highest BCUT2D eigenvalue weighted by Crippen LogP contribution is 2.39. The smallest absolute Gasteiger partial charge is 0.254 e. The molecule has 1 aliphatic carbocycles. The zero-order chi connectivity index (χ0) is 18.7. The van der Waals surface area contributed by atoms with Crippen LogP contribution in [-0.4, -0.2) is 48.4 Å². The molecular weight excluding hydrogens is 338 g/mol. The summed E-state index contributed by atoms with van der Waals surface area (Å²) in [4.78, 5) is 17.5. The molecule has 2 saturated heterocycles. The van der Waals surface area contributed by atoms with Crippen molar-refractivity contribution in [3.63, 3.8) is 0 Å². The summed E-state index contributed by atoms with van der Waals surface area (Å²) < 4.78 is 0.730. The zero-order valence-corrected chi connectivity index (χ0v) is 16.4. The molecule has 1 spiro atoms. The van der Waals surface area contributed by atoms with Crippen LogP contribution in [0, 0.1) is 16.5 Å². The molecule has 1 amide bonds. The van der Waals surface area contributed by atoms with E-state index < -0.39 is 0 Å². The van der Waals surface area contributed by atoms with E-state index in [0.717, 1.165) is 36.7 Å². The summed E-state index contributed by atoms with van der Waals surface area (Å²) in [6.07, 6.45) is 15.0. The molecule has 0 aromatic carbocycles. The summed E-state index contributed by atoms with van der Waals surface area (Å²) in [6.45, 7) is 5.34. The van der Waals surface area contributed by atoms with Crippen molar-refractivity contribution in [2.24, 2.45) is 11.3 Å². The Morgan fingerprint density at radius 3 is 2.63 bits per heavy atom. The van der Waals surface area contributed by atoms with E-state index >= 15 is 0 Å². The van der Waals surface area contributed by atoms with Crippen molar-refractivity contribution in [2.75, 3.05) is 32.7 Å². The second kappa shape index (κ2) is 8.17. The Balaban J connectivity index is 1.32. The average molecular weight is 372 g/mol. The van der Waals surface area contributed by atoms with Crippen LogP contribution in [0.1, 0.15) is 68.1 Å². The third-order valence-electron chi connectivity index (χ3n) is 7.09. The van der Waals surface area contributed by atoms with E-state index in [4.69, 9.17) is 0 Å². The number of likely N-dealkylation sites (tertiary alicyclic amines) is 2. The Bertz CT molecular complexity index is 641. The topological polar surface area (TPSA) is 50.5 Å². The van der Waals surface area contributed by atoms with Crippen LogP contribution >= 0.6 is 0 Å². The zero-order valence-electron chi connectivity index (χ0n) is 16.4. The van der Waals surface area contributed by atoms with Crippen molar-refractivity contribution in [1.29, 1.82) is 0 Å². The Labute approximate surface area is 162 Å². The Kier molecular flexibility index (Phi) is 5.67. The molecule has 3 aliphatic rings. The fourth-order valence-corrected chi connectivity index (χ4v) is 5.52. The molecule has 0 N–H and O–H groups in total. The quantitative estimate of drug-likeness (QED) is 0.603. The molecule has 0 bridgehead atoms. The van der Waals surface area contributed by atoms with Gasteiger partial charge in [-0.1, -0.05) is 32.1 Å². The average Bonchev–Trinajstić information content (AvgIpc) is 3.10. The van der Waals surface area contributed by atoms with Crippen molar-refractivity contribution in [3.05, 3.63) is 35.3 Å². The predicted molar refractivity (Wildman–Crippen MR) is 105 cm³/mol. The standard InChI is InChI=1S/C22H33N3O2/c26-21(20-8-14-25(27)15-9-20)24-16-11-22(18-24)10-4-12-23(17-22)13-7-19-5-2-1-3-6-19/h8-9,14-15,19H,1-7,10-13,16-18H2/t22-/m0/s1. The van der Waals surface area contributed by atoms with Gasteiger partial charge < -0.3 is 15.0 Å². The van der Waals surface area contributed by atoms with Crippen LogP contribution in [0.25, 0.3) is 0 Å². The van der Waals surface area contributed by atoms with Gasteiger partial charge in [-0.3, -0.25) is 4.79 Å². The molecule has 5 nitrogen and oxygen atoms in total. The van der Waals surface area contributed by atoms with Crippen LogP contribution in [0.2, 0.25) is 0 Å². The van der Waals surface area contributed by atoms with Gasteiger partial charge in [0.15, 0.2) is 12.4 Å². The molecule has 0 unspecified atom stereocenters. The lowest BCUT2D eigenvalue weighted by Crippen LogP contribution is -2.46. The normalized spacial score (nSPS) is 27.3.